The van der Waals surface area contributed by atoms with Gasteiger partial charge in [-0.05, 0) is 70.4 Å². The van der Waals surface area contributed by atoms with Crippen LogP contribution >= 0.6 is 0 Å². The average molecular weight is 600 g/mol. The smallest absolute Gasteiger partial charge is 0.408 e. The Morgan fingerprint density at radius 3 is 2.59 bits per heavy atom. The van der Waals surface area contributed by atoms with Crippen molar-refractivity contribution in [3.8, 4) is 5.69 Å². The lowest BCUT2D eigenvalue weighted by Crippen LogP contribution is -2.42. The first-order valence-electron chi connectivity index (χ1n) is 14.5. The summed E-state index contributed by atoms with van der Waals surface area (Å²) in [5.74, 6) is 0.901. The predicted molar refractivity (Wildman–Crippen MR) is 168 cm³/mol. The first-order chi connectivity index (χ1) is 21.2. The van der Waals surface area contributed by atoms with Crippen molar-refractivity contribution >= 4 is 46.0 Å². The highest BCUT2D eigenvalue weighted by Crippen LogP contribution is 2.22. The molecule has 1 amide bonds. The second-order valence-electron chi connectivity index (χ2n) is 11.3. The minimum atomic E-state index is -0.841. The van der Waals surface area contributed by atoms with Crippen molar-refractivity contribution in [2.24, 2.45) is 0 Å². The summed E-state index contributed by atoms with van der Waals surface area (Å²) < 4.78 is 12.5. The van der Waals surface area contributed by atoms with Crippen LogP contribution < -0.4 is 16.0 Å². The van der Waals surface area contributed by atoms with Crippen LogP contribution in [-0.4, -0.2) is 66.3 Å². The van der Waals surface area contributed by atoms with E-state index in [-0.39, 0.29) is 6.61 Å². The van der Waals surface area contributed by atoms with Crippen LogP contribution in [0.4, 0.5) is 16.6 Å². The number of aromatic amines is 1. The van der Waals surface area contributed by atoms with Gasteiger partial charge < -0.3 is 30.4 Å². The zero-order chi connectivity index (χ0) is 31.1. The number of benzene rings is 2. The molecule has 2 aromatic carbocycles. The topological polar surface area (TPSA) is 161 Å². The van der Waals surface area contributed by atoms with Gasteiger partial charge in [-0.15, -0.1) is 0 Å². The van der Waals surface area contributed by atoms with Gasteiger partial charge in [0.1, 0.15) is 30.9 Å². The number of anilines is 2. The van der Waals surface area contributed by atoms with Gasteiger partial charge in [0.05, 0.1) is 11.0 Å². The monoisotopic (exact) mass is 599 g/mol. The Hall–Kier alpha value is -5.20. The molecule has 13 nitrogen and oxygen atoms in total. The highest BCUT2D eigenvalue weighted by atomic mass is 16.6. The molecule has 0 aliphatic heterocycles. The number of hydrogen-bond acceptors (Lipinski definition) is 10. The maximum atomic E-state index is 12.3. The van der Waals surface area contributed by atoms with Crippen molar-refractivity contribution in [1.29, 1.82) is 0 Å². The fraction of sp³-hybridized carbons (Fsp3) is 0.355. The Balaban J connectivity index is 1.12. The van der Waals surface area contributed by atoms with Gasteiger partial charge in [-0.1, -0.05) is 24.3 Å². The molecule has 0 bridgehead atoms. The molecule has 0 aliphatic carbocycles. The van der Waals surface area contributed by atoms with E-state index in [0.717, 1.165) is 54.2 Å². The molecular weight excluding hydrogens is 562 g/mol. The third-order valence-electron chi connectivity index (χ3n) is 6.56. The van der Waals surface area contributed by atoms with Gasteiger partial charge in [0, 0.05) is 18.8 Å². The van der Waals surface area contributed by atoms with Crippen molar-refractivity contribution in [2.75, 3.05) is 23.7 Å². The number of aromatic nitrogens is 6. The van der Waals surface area contributed by atoms with E-state index in [9.17, 15) is 9.59 Å². The number of nitrogens with zero attached hydrogens (tertiary/aromatic N) is 5. The van der Waals surface area contributed by atoms with E-state index >= 15 is 0 Å². The number of ether oxygens (including phenoxy) is 2. The number of nitrogens with one attached hydrogen (secondary N) is 4. The molecule has 4 N–H and O–H groups in total. The molecule has 0 spiro atoms. The molecule has 0 saturated heterocycles. The minimum absolute atomic E-state index is 0.0142. The summed E-state index contributed by atoms with van der Waals surface area (Å²) in [5.41, 5.74) is 4.18. The Bertz CT molecular complexity index is 1710. The summed E-state index contributed by atoms with van der Waals surface area (Å²) in [6, 6.07) is 14.6. The lowest BCUT2D eigenvalue weighted by molar-refractivity contribution is -0.156. The molecule has 5 aromatic rings. The standard InChI is InChI=1S/C31H37N9O4/c1-20(28(41)44-31(2,3)4)37-30(42)43-17-21-10-9-11-22(16-21)40-19-36-25-26(34-18-35-27(25)40)32-14-7-8-15-33-29-38-23-12-5-6-13-24(23)39-29/h5-6,9-13,16,18-20H,7-8,14-15,17H2,1-4H3,(H,37,42)(H,32,34,35)(H2,33,38,39)/t20-/m0/s1. The molecule has 13 heteroatoms. The SMILES string of the molecule is C[C@H](NC(=O)OCc1cccc(-n2cnc3c(NCCCCNc4nc5ccccc5[nH]4)ncnc32)c1)C(=O)OC(C)(C)C. The van der Waals surface area contributed by atoms with Crippen molar-refractivity contribution in [3.63, 3.8) is 0 Å². The Morgan fingerprint density at radius 1 is 1.00 bits per heavy atom. The summed E-state index contributed by atoms with van der Waals surface area (Å²) in [6.07, 6.45) is 4.35. The van der Waals surface area contributed by atoms with Gasteiger partial charge in [-0.3, -0.25) is 4.57 Å². The van der Waals surface area contributed by atoms with Gasteiger partial charge in [0.25, 0.3) is 0 Å². The fourth-order valence-corrected chi connectivity index (χ4v) is 4.47. The summed E-state index contributed by atoms with van der Waals surface area (Å²) in [5, 5.41) is 9.22. The minimum Gasteiger partial charge on any atom is -0.458 e. The number of carbonyl (C=O) groups is 2. The number of hydrogen-bond donors (Lipinski definition) is 4. The molecule has 44 heavy (non-hydrogen) atoms. The van der Waals surface area contributed by atoms with Crippen LogP contribution in [0.3, 0.4) is 0 Å². The molecule has 3 heterocycles. The summed E-state index contributed by atoms with van der Waals surface area (Å²) in [4.78, 5) is 45.6. The quantitative estimate of drug-likeness (QED) is 0.114. The van der Waals surface area contributed by atoms with Crippen LogP contribution in [0.1, 0.15) is 46.1 Å². The lowest BCUT2D eigenvalue weighted by atomic mass is 10.2. The second kappa shape index (κ2) is 13.4. The number of para-hydroxylation sites is 2. The van der Waals surface area contributed by atoms with Crippen LogP contribution in [-0.2, 0) is 20.9 Å². The van der Waals surface area contributed by atoms with Gasteiger partial charge in [-0.25, -0.2) is 29.5 Å². The molecule has 5 rings (SSSR count). The number of unbranched alkanes of at least 4 members (excludes halogenated alkanes) is 1. The Kier molecular flexibility index (Phi) is 9.22. The van der Waals surface area contributed by atoms with E-state index in [2.05, 4.69) is 40.9 Å². The Morgan fingerprint density at radius 2 is 1.80 bits per heavy atom. The predicted octanol–water partition coefficient (Wildman–Crippen LogP) is 4.95. The maximum absolute atomic E-state index is 12.3. The third-order valence-corrected chi connectivity index (χ3v) is 6.56. The number of alkyl carbamates (subject to hydrolysis) is 1. The van der Waals surface area contributed by atoms with Crippen molar-refractivity contribution in [3.05, 3.63) is 66.7 Å². The zero-order valence-electron chi connectivity index (χ0n) is 25.3. The van der Waals surface area contributed by atoms with Crippen molar-refractivity contribution in [2.45, 2.75) is 58.8 Å². The summed E-state index contributed by atoms with van der Waals surface area (Å²) in [6.45, 7) is 8.37. The molecule has 0 fully saturated rings. The van der Waals surface area contributed by atoms with Gasteiger partial charge in [0.15, 0.2) is 17.0 Å². The van der Waals surface area contributed by atoms with E-state index in [1.54, 1.807) is 34.0 Å². The summed E-state index contributed by atoms with van der Waals surface area (Å²) in [7, 11) is 0. The number of carbonyl (C=O) groups excluding carboxylic acids is 2. The van der Waals surface area contributed by atoms with Crippen LogP contribution in [0.15, 0.2) is 61.2 Å². The summed E-state index contributed by atoms with van der Waals surface area (Å²) >= 11 is 0. The van der Waals surface area contributed by atoms with E-state index in [1.807, 2.05) is 53.1 Å². The number of rotatable bonds is 12. The zero-order valence-corrected chi connectivity index (χ0v) is 25.3. The van der Waals surface area contributed by atoms with Gasteiger partial charge in [-0.2, -0.15) is 0 Å². The number of amides is 1. The lowest BCUT2D eigenvalue weighted by Gasteiger charge is -2.22. The number of fused-ring (bicyclic) bond motifs is 2. The van der Waals surface area contributed by atoms with Crippen LogP contribution in [0, 0.1) is 0 Å². The van der Waals surface area contributed by atoms with Crippen LogP contribution in [0.25, 0.3) is 27.9 Å². The molecular formula is C31H37N9O4. The molecule has 0 unspecified atom stereocenters. The second-order valence-corrected chi connectivity index (χ2v) is 11.3. The third kappa shape index (κ3) is 7.79. The van der Waals surface area contributed by atoms with Crippen LogP contribution in [0.5, 0.6) is 0 Å². The molecule has 3 aromatic heterocycles. The van der Waals surface area contributed by atoms with Gasteiger partial charge >= 0.3 is 12.1 Å². The average Bonchev–Trinajstić information content (AvgIpc) is 3.62. The van der Waals surface area contributed by atoms with E-state index in [1.165, 1.54) is 6.33 Å². The molecule has 0 radical (unpaired) electrons. The fourth-order valence-electron chi connectivity index (χ4n) is 4.47. The van der Waals surface area contributed by atoms with Crippen LogP contribution in [0.2, 0.25) is 0 Å². The molecule has 1 atom stereocenters. The van der Waals surface area contributed by atoms with Crippen molar-refractivity contribution < 1.29 is 19.1 Å². The maximum Gasteiger partial charge on any atom is 0.408 e. The van der Waals surface area contributed by atoms with Crippen molar-refractivity contribution in [1.82, 2.24) is 34.8 Å². The highest BCUT2D eigenvalue weighted by molar-refractivity contribution is 5.84. The molecule has 0 aliphatic rings. The Labute approximate surface area is 254 Å². The normalized spacial score (nSPS) is 12.2. The van der Waals surface area contributed by atoms with Gasteiger partial charge in [0.2, 0.25) is 5.95 Å². The van der Waals surface area contributed by atoms with E-state index in [0.29, 0.717) is 17.0 Å². The number of H-pyrrole nitrogens is 1. The first kappa shape index (κ1) is 30.3. The molecule has 230 valence electrons. The number of imidazole rings is 2. The largest absolute Gasteiger partial charge is 0.458 e. The number of esters is 1. The molecule has 0 saturated carbocycles. The van der Waals surface area contributed by atoms with E-state index < -0.39 is 23.7 Å². The first-order valence-corrected chi connectivity index (χ1v) is 14.5. The van der Waals surface area contributed by atoms with E-state index in [4.69, 9.17) is 9.47 Å². The highest BCUT2D eigenvalue weighted by Gasteiger charge is 2.23.